The molecule has 0 saturated carbocycles. The molecule has 2 unspecified atom stereocenters. The predicted molar refractivity (Wildman–Crippen MR) is 39.7 cm³/mol. The fourth-order valence-electron chi connectivity index (χ4n) is 0.453. The van der Waals surface area contributed by atoms with Crippen molar-refractivity contribution < 1.29 is 8.76 Å². The van der Waals surface area contributed by atoms with Gasteiger partial charge < -0.3 is 4.55 Å². The molecule has 1 N–H and O–H groups in total. The molecule has 0 aliphatic carbocycles. The summed E-state index contributed by atoms with van der Waals surface area (Å²) in [5.74, 6) is 0. The zero-order chi connectivity index (χ0) is 7.28. The highest BCUT2D eigenvalue weighted by atomic mass is 32.2. The van der Waals surface area contributed by atoms with Crippen LogP contribution >= 0.6 is 0 Å². The van der Waals surface area contributed by atoms with Crippen LogP contribution in [-0.4, -0.2) is 14.0 Å². The second-order valence-electron chi connectivity index (χ2n) is 1.95. The van der Waals surface area contributed by atoms with Crippen LogP contribution in [-0.2, 0) is 11.1 Å². The largest absolute Gasteiger partial charge is 0.306 e. The molecule has 0 aromatic rings. The van der Waals surface area contributed by atoms with Crippen LogP contribution in [0.4, 0.5) is 0 Å². The van der Waals surface area contributed by atoms with Gasteiger partial charge in [-0.3, -0.25) is 0 Å². The van der Waals surface area contributed by atoms with E-state index in [1.165, 1.54) is 0 Å². The molecular formula is C6H12O2S. The van der Waals surface area contributed by atoms with Crippen molar-refractivity contribution in [3.05, 3.63) is 12.7 Å². The van der Waals surface area contributed by atoms with Crippen molar-refractivity contribution in [2.75, 3.05) is 0 Å². The average Bonchev–Trinajstić information content (AvgIpc) is 1.82. The van der Waals surface area contributed by atoms with E-state index in [9.17, 15) is 4.21 Å². The standard InChI is InChI=1S/C6H12O2S/c1-3-4-5-6(2)9(7)8/h3,6H,1,4-5H2,2H3,(H,7,8). The zero-order valence-electron chi connectivity index (χ0n) is 5.54. The van der Waals surface area contributed by atoms with Gasteiger partial charge in [0.05, 0.1) is 5.25 Å². The lowest BCUT2D eigenvalue weighted by atomic mass is 10.2. The Labute approximate surface area is 58.3 Å². The molecule has 0 rings (SSSR count). The maximum atomic E-state index is 10.3. The lowest BCUT2D eigenvalue weighted by Gasteiger charge is -2.01. The minimum absolute atomic E-state index is 0.122. The summed E-state index contributed by atoms with van der Waals surface area (Å²) >= 11 is -1.66. The Morgan fingerprint density at radius 1 is 1.89 bits per heavy atom. The van der Waals surface area contributed by atoms with Crippen LogP contribution in [0.1, 0.15) is 19.8 Å². The Kier molecular flexibility index (Phi) is 4.62. The molecule has 3 heteroatoms. The smallest absolute Gasteiger partial charge is 0.155 e. The minimum Gasteiger partial charge on any atom is -0.306 e. The van der Waals surface area contributed by atoms with Crippen LogP contribution in [0.15, 0.2) is 12.7 Å². The van der Waals surface area contributed by atoms with Gasteiger partial charge in [-0.15, -0.1) is 6.58 Å². The van der Waals surface area contributed by atoms with E-state index in [0.29, 0.717) is 0 Å². The molecule has 0 aromatic carbocycles. The molecule has 0 fully saturated rings. The van der Waals surface area contributed by atoms with Gasteiger partial charge in [0.15, 0.2) is 11.1 Å². The average molecular weight is 148 g/mol. The third-order valence-corrected chi connectivity index (χ3v) is 2.05. The molecule has 9 heavy (non-hydrogen) atoms. The topological polar surface area (TPSA) is 37.3 Å². The monoisotopic (exact) mass is 148 g/mol. The maximum absolute atomic E-state index is 10.3. The van der Waals surface area contributed by atoms with Gasteiger partial charge in [-0.25, -0.2) is 4.21 Å². The Morgan fingerprint density at radius 2 is 2.44 bits per heavy atom. The normalized spacial score (nSPS) is 16.7. The van der Waals surface area contributed by atoms with E-state index < -0.39 is 11.1 Å². The molecule has 0 saturated heterocycles. The summed E-state index contributed by atoms with van der Waals surface area (Å²) in [7, 11) is 0. The Balaban J connectivity index is 3.37. The molecular weight excluding hydrogens is 136 g/mol. The van der Waals surface area contributed by atoms with Gasteiger partial charge in [0.2, 0.25) is 0 Å². The van der Waals surface area contributed by atoms with E-state index in [0.717, 1.165) is 12.8 Å². The summed E-state index contributed by atoms with van der Waals surface area (Å²) < 4.78 is 18.8. The first-order valence-electron chi connectivity index (χ1n) is 2.89. The number of rotatable bonds is 4. The summed E-state index contributed by atoms with van der Waals surface area (Å²) in [6.07, 6.45) is 3.31. The van der Waals surface area contributed by atoms with Crippen LogP contribution in [0.2, 0.25) is 0 Å². The lowest BCUT2D eigenvalue weighted by Crippen LogP contribution is -2.08. The van der Waals surface area contributed by atoms with Crippen molar-refractivity contribution in [3.63, 3.8) is 0 Å². The van der Waals surface area contributed by atoms with E-state index in [1.807, 2.05) is 0 Å². The summed E-state index contributed by atoms with van der Waals surface area (Å²) in [4.78, 5) is 0. The quantitative estimate of drug-likeness (QED) is 0.485. The SMILES string of the molecule is C=CCCC(C)S(=O)O. The second kappa shape index (κ2) is 4.70. The first-order valence-corrected chi connectivity index (χ1v) is 4.06. The summed E-state index contributed by atoms with van der Waals surface area (Å²) in [5.41, 5.74) is 0. The first-order chi connectivity index (χ1) is 4.18. The summed E-state index contributed by atoms with van der Waals surface area (Å²) in [6, 6.07) is 0. The predicted octanol–water partition coefficient (Wildman–Crippen LogP) is 1.56. The molecule has 0 radical (unpaired) electrons. The highest BCUT2D eigenvalue weighted by Crippen LogP contribution is 2.01. The Bertz CT molecular complexity index is 112. The van der Waals surface area contributed by atoms with Crippen LogP contribution < -0.4 is 0 Å². The Morgan fingerprint density at radius 3 is 2.78 bits per heavy atom. The van der Waals surface area contributed by atoms with E-state index in [2.05, 4.69) is 6.58 Å². The Hall–Kier alpha value is -0.150. The third kappa shape index (κ3) is 4.36. The molecule has 0 bridgehead atoms. The van der Waals surface area contributed by atoms with Crippen molar-refractivity contribution in [3.8, 4) is 0 Å². The highest BCUT2D eigenvalue weighted by Gasteiger charge is 2.05. The first kappa shape index (κ1) is 8.85. The molecule has 0 heterocycles. The molecule has 2 nitrogen and oxygen atoms in total. The molecule has 54 valence electrons. The number of allylic oxidation sites excluding steroid dienone is 1. The van der Waals surface area contributed by atoms with E-state index in [1.54, 1.807) is 13.0 Å². The van der Waals surface area contributed by atoms with E-state index in [4.69, 9.17) is 4.55 Å². The molecule has 0 amide bonds. The zero-order valence-corrected chi connectivity index (χ0v) is 6.36. The summed E-state index contributed by atoms with van der Waals surface area (Å²) in [6.45, 7) is 5.26. The fraction of sp³-hybridized carbons (Fsp3) is 0.667. The summed E-state index contributed by atoms with van der Waals surface area (Å²) in [5, 5.41) is -0.122. The molecule has 0 aliphatic heterocycles. The maximum Gasteiger partial charge on any atom is 0.155 e. The lowest BCUT2D eigenvalue weighted by molar-refractivity contribution is 0.546. The van der Waals surface area contributed by atoms with Gasteiger partial charge >= 0.3 is 0 Å². The van der Waals surface area contributed by atoms with Crippen LogP contribution in [0.5, 0.6) is 0 Å². The van der Waals surface area contributed by atoms with Gasteiger partial charge in [-0.2, -0.15) is 0 Å². The van der Waals surface area contributed by atoms with E-state index in [-0.39, 0.29) is 5.25 Å². The van der Waals surface area contributed by atoms with Crippen molar-refractivity contribution in [1.29, 1.82) is 0 Å². The minimum atomic E-state index is -1.66. The van der Waals surface area contributed by atoms with Crippen molar-refractivity contribution >= 4 is 11.1 Å². The second-order valence-corrected chi connectivity index (χ2v) is 3.31. The third-order valence-electron chi connectivity index (χ3n) is 1.12. The van der Waals surface area contributed by atoms with Gasteiger partial charge in [0.1, 0.15) is 0 Å². The molecule has 0 aliphatic rings. The van der Waals surface area contributed by atoms with Gasteiger partial charge in [-0.1, -0.05) is 6.08 Å². The van der Waals surface area contributed by atoms with Gasteiger partial charge in [0.25, 0.3) is 0 Å². The molecule has 2 atom stereocenters. The number of hydrogen-bond donors (Lipinski definition) is 1. The molecule has 0 aromatic heterocycles. The van der Waals surface area contributed by atoms with Gasteiger partial charge in [-0.05, 0) is 19.8 Å². The fourth-order valence-corrected chi connectivity index (χ4v) is 0.791. The van der Waals surface area contributed by atoms with Crippen LogP contribution in [0.25, 0.3) is 0 Å². The van der Waals surface area contributed by atoms with E-state index >= 15 is 0 Å². The van der Waals surface area contributed by atoms with Gasteiger partial charge in [0, 0.05) is 0 Å². The van der Waals surface area contributed by atoms with Crippen molar-refractivity contribution in [1.82, 2.24) is 0 Å². The highest BCUT2D eigenvalue weighted by molar-refractivity contribution is 7.79. The van der Waals surface area contributed by atoms with Crippen LogP contribution in [0, 0.1) is 0 Å². The van der Waals surface area contributed by atoms with Crippen molar-refractivity contribution in [2.24, 2.45) is 0 Å². The number of hydrogen-bond acceptors (Lipinski definition) is 1. The molecule has 0 spiro atoms. The van der Waals surface area contributed by atoms with Crippen LogP contribution in [0.3, 0.4) is 0 Å². The van der Waals surface area contributed by atoms with Crippen molar-refractivity contribution in [2.45, 2.75) is 25.0 Å².